The molecule has 0 spiro atoms. The van der Waals surface area contributed by atoms with Crippen molar-refractivity contribution in [2.24, 2.45) is 0 Å². The molecule has 0 aliphatic rings. The molecule has 20 heavy (non-hydrogen) atoms. The van der Waals surface area contributed by atoms with Crippen molar-refractivity contribution < 1.29 is 14.3 Å². The fourth-order valence-corrected chi connectivity index (χ4v) is 2.26. The average molecular weight is 282 g/mol. The number of carboxylic acid groups (broad SMARTS) is 1. The molecule has 0 saturated heterocycles. The highest BCUT2D eigenvalue weighted by atomic mass is 16.4. The molecular formula is C15H26N2O3. The minimum atomic E-state index is -0.923. The van der Waals surface area contributed by atoms with Crippen LogP contribution in [0.2, 0.25) is 0 Å². The van der Waals surface area contributed by atoms with Gasteiger partial charge in [-0.3, -0.25) is 4.90 Å². The Labute approximate surface area is 121 Å². The number of carbonyl (C=O) groups is 1. The van der Waals surface area contributed by atoms with Crippen LogP contribution in [-0.4, -0.2) is 53.6 Å². The molecule has 0 aromatic carbocycles. The maximum absolute atomic E-state index is 11.0. The molecule has 0 atom stereocenters. The molecule has 0 saturated carbocycles. The molecule has 0 radical (unpaired) electrons. The quantitative estimate of drug-likeness (QED) is 0.714. The van der Waals surface area contributed by atoms with Gasteiger partial charge >= 0.3 is 5.97 Å². The van der Waals surface area contributed by atoms with Gasteiger partial charge in [-0.05, 0) is 45.2 Å². The van der Waals surface area contributed by atoms with E-state index in [9.17, 15) is 4.79 Å². The second-order valence-electron chi connectivity index (χ2n) is 4.81. The second kappa shape index (κ2) is 8.76. The lowest BCUT2D eigenvalue weighted by molar-refractivity contribution is 0.0692. The Balaban J connectivity index is 2.46. The van der Waals surface area contributed by atoms with Crippen molar-refractivity contribution >= 4 is 5.97 Å². The van der Waals surface area contributed by atoms with Crippen LogP contribution in [0.4, 0.5) is 0 Å². The van der Waals surface area contributed by atoms with Crippen molar-refractivity contribution in [2.75, 3.05) is 32.7 Å². The second-order valence-corrected chi connectivity index (χ2v) is 4.81. The lowest BCUT2D eigenvalue weighted by atomic mass is 10.2. The molecule has 1 N–H and O–H groups in total. The van der Waals surface area contributed by atoms with Crippen molar-refractivity contribution in [3.8, 4) is 0 Å². The van der Waals surface area contributed by atoms with Crippen LogP contribution >= 0.6 is 0 Å². The predicted octanol–water partition coefficient (Wildman–Crippen LogP) is 2.53. The van der Waals surface area contributed by atoms with Crippen LogP contribution in [-0.2, 0) is 6.54 Å². The fourth-order valence-electron chi connectivity index (χ4n) is 2.26. The van der Waals surface area contributed by atoms with Gasteiger partial charge in [0.15, 0.2) is 0 Å². The highest BCUT2D eigenvalue weighted by Crippen LogP contribution is 2.13. The molecule has 0 fully saturated rings. The molecule has 1 rings (SSSR count). The normalized spacial score (nSPS) is 11.4. The summed E-state index contributed by atoms with van der Waals surface area (Å²) in [6, 6.07) is 1.52. The minimum absolute atomic E-state index is 0.271. The molecule has 5 heteroatoms. The van der Waals surface area contributed by atoms with Gasteiger partial charge in [0.1, 0.15) is 11.3 Å². The zero-order valence-corrected chi connectivity index (χ0v) is 12.8. The van der Waals surface area contributed by atoms with Gasteiger partial charge in [-0.25, -0.2) is 4.79 Å². The van der Waals surface area contributed by atoms with Crippen molar-refractivity contribution in [2.45, 2.75) is 33.7 Å². The van der Waals surface area contributed by atoms with Crippen LogP contribution in [0, 0.1) is 0 Å². The van der Waals surface area contributed by atoms with Gasteiger partial charge in [0.25, 0.3) is 0 Å². The van der Waals surface area contributed by atoms with Crippen molar-refractivity contribution in [1.29, 1.82) is 0 Å². The fraction of sp³-hybridized carbons (Fsp3) is 0.667. The van der Waals surface area contributed by atoms with Crippen LogP contribution in [0.15, 0.2) is 16.7 Å². The molecule has 0 bridgehead atoms. The van der Waals surface area contributed by atoms with Gasteiger partial charge < -0.3 is 14.4 Å². The molecule has 1 heterocycles. The van der Waals surface area contributed by atoms with E-state index in [1.54, 1.807) is 0 Å². The molecule has 1 aromatic heterocycles. The van der Waals surface area contributed by atoms with E-state index in [-0.39, 0.29) is 5.56 Å². The summed E-state index contributed by atoms with van der Waals surface area (Å²) in [5, 5.41) is 9.07. The SMILES string of the molecule is CCN(CC)CCCN(CC)Cc1occc1C(=O)O. The predicted molar refractivity (Wildman–Crippen MR) is 79.0 cm³/mol. The van der Waals surface area contributed by atoms with E-state index in [0.29, 0.717) is 12.3 Å². The molecule has 0 aliphatic carbocycles. The first-order chi connectivity index (χ1) is 9.62. The van der Waals surface area contributed by atoms with E-state index in [1.165, 1.54) is 12.3 Å². The Bertz CT molecular complexity index is 400. The Kier molecular flexibility index (Phi) is 7.33. The van der Waals surface area contributed by atoms with E-state index in [1.807, 2.05) is 0 Å². The summed E-state index contributed by atoms with van der Waals surface area (Å²) < 4.78 is 5.30. The van der Waals surface area contributed by atoms with Crippen molar-refractivity contribution in [1.82, 2.24) is 9.80 Å². The van der Waals surface area contributed by atoms with E-state index in [4.69, 9.17) is 9.52 Å². The van der Waals surface area contributed by atoms with Gasteiger partial charge in [-0.1, -0.05) is 20.8 Å². The monoisotopic (exact) mass is 282 g/mol. The van der Waals surface area contributed by atoms with E-state index in [2.05, 4.69) is 30.6 Å². The molecular weight excluding hydrogens is 256 g/mol. The summed E-state index contributed by atoms with van der Waals surface area (Å²) in [4.78, 5) is 15.7. The zero-order chi connectivity index (χ0) is 15.0. The largest absolute Gasteiger partial charge is 0.478 e. The molecule has 0 amide bonds. The first-order valence-electron chi connectivity index (χ1n) is 7.36. The summed E-state index contributed by atoms with van der Waals surface area (Å²) in [6.07, 6.45) is 2.53. The van der Waals surface area contributed by atoms with Crippen molar-refractivity contribution in [3.63, 3.8) is 0 Å². The first-order valence-corrected chi connectivity index (χ1v) is 7.36. The summed E-state index contributed by atoms with van der Waals surface area (Å²) in [7, 11) is 0. The highest BCUT2D eigenvalue weighted by molar-refractivity contribution is 5.88. The zero-order valence-electron chi connectivity index (χ0n) is 12.8. The summed E-state index contributed by atoms with van der Waals surface area (Å²) in [5.74, 6) is -0.380. The molecule has 5 nitrogen and oxygen atoms in total. The number of carboxylic acids is 1. The van der Waals surface area contributed by atoms with Gasteiger partial charge in [0.05, 0.1) is 12.8 Å². The third kappa shape index (κ3) is 4.98. The Morgan fingerprint density at radius 2 is 1.75 bits per heavy atom. The molecule has 114 valence electrons. The number of hydrogen-bond donors (Lipinski definition) is 1. The standard InChI is InChI=1S/C15H26N2O3/c1-4-16(5-2)9-7-10-17(6-3)12-14-13(15(18)19)8-11-20-14/h8,11H,4-7,9-10,12H2,1-3H3,(H,18,19). The average Bonchev–Trinajstić information content (AvgIpc) is 2.90. The number of furan rings is 1. The van der Waals surface area contributed by atoms with Gasteiger partial charge in [0.2, 0.25) is 0 Å². The number of aromatic carboxylic acids is 1. The third-order valence-corrected chi connectivity index (χ3v) is 3.63. The maximum atomic E-state index is 11.0. The molecule has 1 aromatic rings. The number of hydrogen-bond acceptors (Lipinski definition) is 4. The summed E-state index contributed by atoms with van der Waals surface area (Å²) >= 11 is 0. The van der Waals surface area contributed by atoms with Crippen LogP contribution < -0.4 is 0 Å². The van der Waals surface area contributed by atoms with Crippen molar-refractivity contribution in [3.05, 3.63) is 23.7 Å². The number of nitrogens with zero attached hydrogens (tertiary/aromatic N) is 2. The van der Waals surface area contributed by atoms with Crippen LogP contribution in [0.5, 0.6) is 0 Å². The maximum Gasteiger partial charge on any atom is 0.339 e. The van der Waals surface area contributed by atoms with Crippen LogP contribution in [0.1, 0.15) is 43.3 Å². The number of rotatable bonds is 10. The molecule has 0 aliphatic heterocycles. The van der Waals surface area contributed by atoms with E-state index in [0.717, 1.165) is 39.1 Å². The third-order valence-electron chi connectivity index (χ3n) is 3.63. The Morgan fingerprint density at radius 3 is 2.30 bits per heavy atom. The van der Waals surface area contributed by atoms with Crippen LogP contribution in [0.25, 0.3) is 0 Å². The molecule has 0 unspecified atom stereocenters. The van der Waals surface area contributed by atoms with Crippen LogP contribution in [0.3, 0.4) is 0 Å². The minimum Gasteiger partial charge on any atom is -0.478 e. The van der Waals surface area contributed by atoms with E-state index >= 15 is 0 Å². The Hall–Kier alpha value is -1.33. The van der Waals surface area contributed by atoms with Gasteiger partial charge in [0, 0.05) is 0 Å². The topological polar surface area (TPSA) is 56.9 Å². The summed E-state index contributed by atoms with van der Waals surface area (Å²) in [6.45, 7) is 12.0. The lowest BCUT2D eigenvalue weighted by Gasteiger charge is -2.22. The van der Waals surface area contributed by atoms with Gasteiger partial charge in [-0.15, -0.1) is 0 Å². The van der Waals surface area contributed by atoms with E-state index < -0.39 is 5.97 Å². The summed E-state index contributed by atoms with van der Waals surface area (Å²) in [5.41, 5.74) is 0.271. The van der Waals surface area contributed by atoms with Gasteiger partial charge in [-0.2, -0.15) is 0 Å². The lowest BCUT2D eigenvalue weighted by Crippen LogP contribution is -2.30. The smallest absolute Gasteiger partial charge is 0.339 e. The Morgan fingerprint density at radius 1 is 1.15 bits per heavy atom. The first kappa shape index (κ1) is 16.7. The highest BCUT2D eigenvalue weighted by Gasteiger charge is 2.15.